The number of nitrogens with one attached hydrogen (secondary N) is 1. The van der Waals surface area contributed by atoms with Crippen LogP contribution in [0.25, 0.3) is 10.7 Å². The van der Waals surface area contributed by atoms with E-state index in [0.717, 1.165) is 16.4 Å². The normalized spacial score (nSPS) is 10.5. The summed E-state index contributed by atoms with van der Waals surface area (Å²) >= 11 is 7.58. The highest BCUT2D eigenvalue weighted by atomic mass is 35.5. The summed E-state index contributed by atoms with van der Waals surface area (Å²) in [5.41, 5.74) is 2.37. The number of ether oxygens (including phenoxy) is 1. The first-order chi connectivity index (χ1) is 12.2. The van der Waals surface area contributed by atoms with Crippen molar-refractivity contribution in [2.45, 2.75) is 12.8 Å². The number of amides is 1. The van der Waals surface area contributed by atoms with Gasteiger partial charge in [-0.2, -0.15) is 0 Å². The van der Waals surface area contributed by atoms with Crippen molar-refractivity contribution in [1.29, 1.82) is 0 Å². The summed E-state index contributed by atoms with van der Waals surface area (Å²) in [6.07, 6.45) is 2.65. The third kappa shape index (κ3) is 4.55. The Morgan fingerprint density at radius 3 is 2.92 bits per heavy atom. The zero-order valence-corrected chi connectivity index (χ0v) is 15.1. The number of anilines is 1. The van der Waals surface area contributed by atoms with E-state index >= 15 is 0 Å². The Hall–Kier alpha value is -2.44. The van der Waals surface area contributed by atoms with E-state index in [0.29, 0.717) is 29.3 Å². The molecule has 0 saturated carbocycles. The molecule has 0 radical (unpaired) electrons. The third-order valence-corrected chi connectivity index (χ3v) is 4.69. The molecule has 0 saturated heterocycles. The largest absolute Gasteiger partial charge is 0.495 e. The zero-order chi connectivity index (χ0) is 17.6. The van der Waals surface area contributed by atoms with Crippen molar-refractivity contribution in [3.63, 3.8) is 0 Å². The van der Waals surface area contributed by atoms with Gasteiger partial charge in [-0.15, -0.1) is 11.3 Å². The number of methoxy groups -OCH3 is 1. The summed E-state index contributed by atoms with van der Waals surface area (Å²) in [5, 5.41) is 6.10. The molecular weight excluding hydrogens is 358 g/mol. The van der Waals surface area contributed by atoms with Gasteiger partial charge in [-0.1, -0.05) is 17.7 Å². The average molecular weight is 374 g/mol. The minimum atomic E-state index is -0.0892. The lowest BCUT2D eigenvalue weighted by atomic mass is 10.2. The van der Waals surface area contributed by atoms with E-state index in [1.807, 2.05) is 23.6 Å². The Morgan fingerprint density at radius 1 is 1.32 bits per heavy atom. The lowest BCUT2D eigenvalue weighted by Gasteiger charge is -2.07. The monoisotopic (exact) mass is 373 g/mol. The molecule has 0 unspecified atom stereocenters. The Balaban J connectivity index is 1.56. The molecule has 2 aromatic heterocycles. The molecule has 0 atom stereocenters. The molecule has 1 N–H and O–H groups in total. The predicted octanol–water partition coefficient (Wildman–Crippen LogP) is 4.44. The van der Waals surface area contributed by atoms with Crippen molar-refractivity contribution in [3.05, 3.63) is 58.7 Å². The molecule has 0 aliphatic heterocycles. The maximum Gasteiger partial charge on any atom is 0.224 e. The number of hydrogen-bond donors (Lipinski definition) is 1. The first-order valence-corrected chi connectivity index (χ1v) is 8.90. The molecule has 3 aromatic rings. The minimum Gasteiger partial charge on any atom is -0.495 e. The van der Waals surface area contributed by atoms with Gasteiger partial charge < -0.3 is 10.1 Å². The average Bonchev–Trinajstić information content (AvgIpc) is 3.10. The van der Waals surface area contributed by atoms with Crippen LogP contribution < -0.4 is 10.1 Å². The van der Waals surface area contributed by atoms with Crippen LogP contribution in [0.1, 0.15) is 12.1 Å². The predicted molar refractivity (Wildman–Crippen MR) is 100 cm³/mol. The fourth-order valence-electron chi connectivity index (χ4n) is 2.24. The highest BCUT2D eigenvalue weighted by Crippen LogP contribution is 2.27. The topological polar surface area (TPSA) is 64.1 Å². The van der Waals surface area contributed by atoms with E-state index in [9.17, 15) is 4.79 Å². The smallest absolute Gasteiger partial charge is 0.224 e. The van der Waals surface area contributed by atoms with Gasteiger partial charge in [-0.3, -0.25) is 9.78 Å². The summed E-state index contributed by atoms with van der Waals surface area (Å²) in [4.78, 5) is 20.9. The van der Waals surface area contributed by atoms with Crippen molar-refractivity contribution in [3.8, 4) is 16.5 Å². The summed E-state index contributed by atoms with van der Waals surface area (Å²) in [5.74, 6) is 0.484. The number of carbonyl (C=O) groups is 1. The van der Waals surface area contributed by atoms with Gasteiger partial charge in [0.15, 0.2) is 0 Å². The number of aryl methyl sites for hydroxylation is 1. The van der Waals surface area contributed by atoms with Crippen LogP contribution in [0.15, 0.2) is 48.0 Å². The van der Waals surface area contributed by atoms with E-state index in [-0.39, 0.29) is 5.91 Å². The second-order valence-electron chi connectivity index (χ2n) is 5.26. The minimum absolute atomic E-state index is 0.0892. The van der Waals surface area contributed by atoms with Gasteiger partial charge in [-0.05, 0) is 36.8 Å². The lowest BCUT2D eigenvalue weighted by molar-refractivity contribution is -0.116. The van der Waals surface area contributed by atoms with Crippen LogP contribution in [0.3, 0.4) is 0 Å². The highest BCUT2D eigenvalue weighted by Gasteiger charge is 2.09. The van der Waals surface area contributed by atoms with E-state index < -0.39 is 0 Å². The molecule has 5 nitrogen and oxygen atoms in total. The number of hydrogen-bond acceptors (Lipinski definition) is 5. The second kappa shape index (κ2) is 8.09. The molecule has 1 amide bonds. The number of nitrogens with zero attached hydrogens (tertiary/aromatic N) is 2. The Bertz CT molecular complexity index is 868. The van der Waals surface area contributed by atoms with Crippen LogP contribution in [0.2, 0.25) is 5.02 Å². The van der Waals surface area contributed by atoms with Crippen molar-refractivity contribution in [2.75, 3.05) is 12.4 Å². The van der Waals surface area contributed by atoms with E-state index in [2.05, 4.69) is 15.3 Å². The standard InChI is InChI=1S/C18H16ClN3O2S/c1-24-16-7-5-12(10-14(16)19)21-17(23)8-6-13-11-25-18(22-13)15-4-2-3-9-20-15/h2-5,7,9-11H,6,8H2,1H3,(H,21,23). The van der Waals surface area contributed by atoms with Gasteiger partial charge in [-0.25, -0.2) is 4.98 Å². The second-order valence-corrected chi connectivity index (χ2v) is 6.52. The maximum atomic E-state index is 12.1. The maximum absolute atomic E-state index is 12.1. The number of carbonyl (C=O) groups excluding carboxylic acids is 1. The molecule has 128 valence electrons. The van der Waals surface area contributed by atoms with Gasteiger partial charge in [0.2, 0.25) is 5.91 Å². The first kappa shape index (κ1) is 17.4. The van der Waals surface area contributed by atoms with Gasteiger partial charge in [0.25, 0.3) is 0 Å². The molecule has 0 spiro atoms. The van der Waals surface area contributed by atoms with Crippen LogP contribution in [-0.4, -0.2) is 23.0 Å². The van der Waals surface area contributed by atoms with Crippen LogP contribution in [-0.2, 0) is 11.2 Å². The molecule has 1 aromatic carbocycles. The first-order valence-electron chi connectivity index (χ1n) is 7.65. The van der Waals surface area contributed by atoms with E-state index in [1.165, 1.54) is 11.3 Å². The van der Waals surface area contributed by atoms with Gasteiger partial charge in [0, 0.05) is 23.7 Å². The Labute approximate surface area is 154 Å². The number of aromatic nitrogens is 2. The number of benzene rings is 1. The summed E-state index contributed by atoms with van der Waals surface area (Å²) < 4.78 is 5.09. The van der Waals surface area contributed by atoms with E-state index in [4.69, 9.17) is 16.3 Å². The molecule has 0 aliphatic rings. The van der Waals surface area contributed by atoms with Gasteiger partial charge in [0.1, 0.15) is 10.8 Å². The highest BCUT2D eigenvalue weighted by molar-refractivity contribution is 7.13. The molecule has 3 rings (SSSR count). The quantitative estimate of drug-likeness (QED) is 0.693. The van der Waals surface area contributed by atoms with Crippen molar-refractivity contribution in [1.82, 2.24) is 9.97 Å². The number of pyridine rings is 1. The van der Waals surface area contributed by atoms with Crippen LogP contribution in [0.4, 0.5) is 5.69 Å². The molecule has 2 heterocycles. The number of rotatable bonds is 6. The van der Waals surface area contributed by atoms with E-state index in [1.54, 1.807) is 31.5 Å². The fourth-order valence-corrected chi connectivity index (χ4v) is 3.33. The summed E-state index contributed by atoms with van der Waals surface area (Å²) in [6.45, 7) is 0. The fraction of sp³-hybridized carbons (Fsp3) is 0.167. The van der Waals surface area contributed by atoms with Crippen molar-refractivity contribution >= 4 is 34.5 Å². The van der Waals surface area contributed by atoms with Crippen LogP contribution in [0.5, 0.6) is 5.75 Å². The van der Waals surface area contributed by atoms with Crippen molar-refractivity contribution < 1.29 is 9.53 Å². The lowest BCUT2D eigenvalue weighted by Crippen LogP contribution is -2.12. The van der Waals surface area contributed by atoms with Crippen LogP contribution >= 0.6 is 22.9 Å². The van der Waals surface area contributed by atoms with Crippen molar-refractivity contribution in [2.24, 2.45) is 0 Å². The zero-order valence-electron chi connectivity index (χ0n) is 13.5. The number of halogens is 1. The number of thiazole rings is 1. The van der Waals surface area contributed by atoms with Gasteiger partial charge >= 0.3 is 0 Å². The Kier molecular flexibility index (Phi) is 5.63. The molecule has 0 bridgehead atoms. The summed E-state index contributed by atoms with van der Waals surface area (Å²) in [7, 11) is 1.55. The van der Waals surface area contributed by atoms with Gasteiger partial charge in [0.05, 0.1) is 23.5 Å². The molecular formula is C18H16ClN3O2S. The molecule has 0 fully saturated rings. The SMILES string of the molecule is COc1ccc(NC(=O)CCc2csc(-c3ccccn3)n2)cc1Cl. The van der Waals surface area contributed by atoms with Crippen LogP contribution in [0, 0.1) is 0 Å². The Morgan fingerprint density at radius 2 is 2.20 bits per heavy atom. The summed E-state index contributed by atoms with van der Waals surface area (Å²) in [6, 6.07) is 10.9. The third-order valence-electron chi connectivity index (χ3n) is 3.48. The molecule has 25 heavy (non-hydrogen) atoms. The molecule has 0 aliphatic carbocycles. The molecule has 7 heteroatoms.